The molecule has 0 radical (unpaired) electrons. The number of aryl methyl sites for hydroxylation is 1. The first-order chi connectivity index (χ1) is 17.3. The quantitative estimate of drug-likeness (QED) is 0.254. The van der Waals surface area contributed by atoms with Crippen LogP contribution in [0.3, 0.4) is 0 Å². The van der Waals surface area contributed by atoms with Crippen LogP contribution in [0.2, 0.25) is 0 Å². The van der Waals surface area contributed by atoms with Crippen molar-refractivity contribution in [3.63, 3.8) is 0 Å². The summed E-state index contributed by atoms with van der Waals surface area (Å²) in [4.78, 5) is 41.2. The molecule has 36 heavy (non-hydrogen) atoms. The summed E-state index contributed by atoms with van der Waals surface area (Å²) in [6.07, 6.45) is 0.795. The van der Waals surface area contributed by atoms with Crippen LogP contribution in [0.5, 0.6) is 5.75 Å². The highest BCUT2D eigenvalue weighted by atomic mass is 16.5. The Morgan fingerprint density at radius 3 is 2.42 bits per heavy atom. The van der Waals surface area contributed by atoms with Crippen molar-refractivity contribution in [3.8, 4) is 5.75 Å². The zero-order chi connectivity index (χ0) is 25.8. The number of methoxy groups -OCH3 is 1. The van der Waals surface area contributed by atoms with Crippen molar-refractivity contribution in [1.82, 2.24) is 4.98 Å². The molecule has 0 saturated heterocycles. The van der Waals surface area contributed by atoms with Crippen molar-refractivity contribution in [3.05, 3.63) is 86.3 Å². The van der Waals surface area contributed by atoms with Gasteiger partial charge in [-0.05, 0) is 49.4 Å². The predicted octanol–water partition coefficient (Wildman–Crippen LogP) is 4.12. The maximum Gasteiger partial charge on any atom is 0.328 e. The summed E-state index contributed by atoms with van der Waals surface area (Å²) < 4.78 is 10.4. The SMILES string of the molecule is CCc1cc2ccccc2c(Nc2ccc(CC(Nc3c(OC(C)C)c(=O)c3=O)C(=O)OC)cc2)n1. The van der Waals surface area contributed by atoms with Crippen molar-refractivity contribution in [2.24, 2.45) is 0 Å². The van der Waals surface area contributed by atoms with Crippen LogP contribution in [0.4, 0.5) is 17.2 Å². The van der Waals surface area contributed by atoms with Crippen molar-refractivity contribution >= 4 is 33.9 Å². The molecule has 1 aromatic heterocycles. The number of hydrogen-bond donors (Lipinski definition) is 2. The fourth-order valence-electron chi connectivity index (χ4n) is 3.99. The molecule has 4 rings (SSSR count). The summed E-state index contributed by atoms with van der Waals surface area (Å²) in [7, 11) is 1.28. The molecule has 1 atom stereocenters. The van der Waals surface area contributed by atoms with E-state index < -0.39 is 22.9 Å². The molecule has 4 aromatic rings. The molecular weight excluding hydrogens is 458 g/mol. The van der Waals surface area contributed by atoms with Crippen molar-refractivity contribution < 1.29 is 14.3 Å². The van der Waals surface area contributed by atoms with Gasteiger partial charge in [0.15, 0.2) is 5.75 Å². The molecule has 0 fully saturated rings. The van der Waals surface area contributed by atoms with Gasteiger partial charge in [0.05, 0.1) is 13.2 Å². The Balaban J connectivity index is 1.52. The Hall–Kier alpha value is -4.20. The van der Waals surface area contributed by atoms with Crippen molar-refractivity contribution in [2.75, 3.05) is 17.7 Å². The normalized spacial score (nSPS) is 12.0. The van der Waals surface area contributed by atoms with Crippen LogP contribution in [-0.4, -0.2) is 30.2 Å². The van der Waals surface area contributed by atoms with Gasteiger partial charge in [-0.1, -0.05) is 43.3 Å². The third-order valence-corrected chi connectivity index (χ3v) is 5.84. The lowest BCUT2D eigenvalue weighted by atomic mass is 10.0. The number of carbonyl (C=O) groups excluding carboxylic acids is 1. The summed E-state index contributed by atoms with van der Waals surface area (Å²) in [6.45, 7) is 5.58. The van der Waals surface area contributed by atoms with E-state index in [1.807, 2.05) is 42.5 Å². The molecule has 0 aliphatic carbocycles. The average molecular weight is 488 g/mol. The van der Waals surface area contributed by atoms with E-state index in [2.05, 4.69) is 29.7 Å². The number of rotatable bonds is 10. The lowest BCUT2D eigenvalue weighted by molar-refractivity contribution is -0.141. The predicted molar refractivity (Wildman–Crippen MR) is 141 cm³/mol. The molecular formula is C28H29N3O5. The Morgan fingerprint density at radius 2 is 1.75 bits per heavy atom. The van der Waals surface area contributed by atoms with E-state index in [-0.39, 0.29) is 24.0 Å². The third-order valence-electron chi connectivity index (χ3n) is 5.84. The van der Waals surface area contributed by atoms with Gasteiger partial charge < -0.3 is 20.1 Å². The van der Waals surface area contributed by atoms with Crippen molar-refractivity contribution in [1.29, 1.82) is 0 Å². The second kappa shape index (κ2) is 10.6. The Morgan fingerprint density at radius 1 is 1.03 bits per heavy atom. The number of benzene rings is 2. The molecule has 2 N–H and O–H groups in total. The highest BCUT2D eigenvalue weighted by Gasteiger charge is 2.29. The van der Waals surface area contributed by atoms with Crippen LogP contribution in [-0.2, 0) is 22.4 Å². The number of ether oxygens (including phenoxy) is 2. The number of aromatic nitrogens is 1. The highest BCUT2D eigenvalue weighted by Crippen LogP contribution is 2.27. The molecule has 1 heterocycles. The molecule has 1 unspecified atom stereocenters. The van der Waals surface area contributed by atoms with E-state index in [9.17, 15) is 14.4 Å². The molecule has 3 aromatic carbocycles. The van der Waals surface area contributed by atoms with Crippen LogP contribution >= 0.6 is 0 Å². The second-order valence-corrected chi connectivity index (χ2v) is 8.81. The van der Waals surface area contributed by atoms with Gasteiger partial charge in [-0.3, -0.25) is 9.59 Å². The summed E-state index contributed by atoms with van der Waals surface area (Å²) >= 11 is 0. The average Bonchev–Trinajstić information content (AvgIpc) is 2.89. The maximum absolute atomic E-state index is 12.4. The van der Waals surface area contributed by atoms with E-state index in [4.69, 9.17) is 14.5 Å². The van der Waals surface area contributed by atoms with Crippen LogP contribution in [0.25, 0.3) is 10.8 Å². The number of anilines is 3. The van der Waals surface area contributed by atoms with Gasteiger partial charge in [-0.2, -0.15) is 0 Å². The van der Waals surface area contributed by atoms with E-state index in [0.29, 0.717) is 0 Å². The number of esters is 1. The van der Waals surface area contributed by atoms with Crippen LogP contribution in [0, 0.1) is 0 Å². The van der Waals surface area contributed by atoms with Gasteiger partial charge in [0.1, 0.15) is 17.5 Å². The Bertz CT molecular complexity index is 1450. The molecule has 8 nitrogen and oxygen atoms in total. The minimum Gasteiger partial charge on any atom is -0.485 e. The van der Waals surface area contributed by atoms with Crippen LogP contribution in [0.15, 0.2) is 64.2 Å². The molecule has 0 aliphatic heterocycles. The summed E-state index contributed by atoms with van der Waals surface area (Å²) in [5.41, 5.74) is 1.30. The lowest BCUT2D eigenvalue weighted by Gasteiger charge is -2.21. The number of carbonyl (C=O) groups is 1. The summed E-state index contributed by atoms with van der Waals surface area (Å²) in [6, 6.07) is 16.9. The number of pyridine rings is 1. The second-order valence-electron chi connectivity index (χ2n) is 8.81. The Labute approximate surface area is 209 Å². The van der Waals surface area contributed by atoms with Crippen LogP contribution in [0.1, 0.15) is 32.0 Å². The van der Waals surface area contributed by atoms with E-state index >= 15 is 0 Å². The highest BCUT2D eigenvalue weighted by molar-refractivity contribution is 5.93. The molecule has 8 heteroatoms. The molecule has 0 bridgehead atoms. The standard InChI is InChI=1S/C28H29N3O5/c1-5-19-15-18-8-6-7-9-21(18)27(29-19)30-20-12-10-17(11-13-20)14-22(28(34)35-4)31-23-24(32)25(33)26(23)36-16(2)3/h6-13,15-16,22,31H,5,14H2,1-4H3,(H,29,30). The molecule has 0 spiro atoms. The smallest absolute Gasteiger partial charge is 0.328 e. The van der Waals surface area contributed by atoms with Gasteiger partial charge in [-0.25, -0.2) is 9.78 Å². The van der Waals surface area contributed by atoms with Crippen LogP contribution < -0.4 is 26.2 Å². The van der Waals surface area contributed by atoms with Crippen molar-refractivity contribution in [2.45, 2.75) is 45.8 Å². The topological polar surface area (TPSA) is 107 Å². The van der Waals surface area contributed by atoms with Gasteiger partial charge in [0, 0.05) is 23.2 Å². The number of nitrogens with one attached hydrogen (secondary N) is 2. The summed E-state index contributed by atoms with van der Waals surface area (Å²) in [5.74, 6) is 0.190. The molecule has 0 aliphatic rings. The third kappa shape index (κ3) is 5.22. The van der Waals surface area contributed by atoms with E-state index in [0.717, 1.165) is 40.0 Å². The first-order valence-corrected chi connectivity index (χ1v) is 11.9. The first-order valence-electron chi connectivity index (χ1n) is 11.9. The minimum absolute atomic E-state index is 0.0103. The maximum atomic E-state index is 12.4. The minimum atomic E-state index is -0.863. The van der Waals surface area contributed by atoms with Gasteiger partial charge in [0.2, 0.25) is 0 Å². The van der Waals surface area contributed by atoms with E-state index in [1.54, 1.807) is 13.8 Å². The van der Waals surface area contributed by atoms with Gasteiger partial charge in [0.25, 0.3) is 10.9 Å². The monoisotopic (exact) mass is 487 g/mol. The fourth-order valence-corrected chi connectivity index (χ4v) is 3.99. The van der Waals surface area contributed by atoms with E-state index in [1.165, 1.54) is 7.11 Å². The fraction of sp³-hybridized carbons (Fsp3) is 0.286. The van der Waals surface area contributed by atoms with Gasteiger partial charge in [-0.15, -0.1) is 0 Å². The zero-order valence-corrected chi connectivity index (χ0v) is 20.8. The number of hydrogen-bond acceptors (Lipinski definition) is 8. The Kier molecular flexibility index (Phi) is 7.33. The van der Waals surface area contributed by atoms with Gasteiger partial charge >= 0.3 is 5.97 Å². The summed E-state index contributed by atoms with van der Waals surface area (Å²) in [5, 5.41) is 8.41. The zero-order valence-electron chi connectivity index (χ0n) is 20.8. The molecule has 186 valence electrons. The first kappa shape index (κ1) is 24.9. The molecule has 0 amide bonds. The molecule has 0 saturated carbocycles. The number of fused-ring (bicyclic) bond motifs is 1. The number of nitrogens with zero attached hydrogens (tertiary/aromatic N) is 1. The largest absolute Gasteiger partial charge is 0.485 e. The lowest BCUT2D eigenvalue weighted by Crippen LogP contribution is -2.42.